The van der Waals surface area contributed by atoms with Gasteiger partial charge in [0.15, 0.2) is 16.5 Å². The van der Waals surface area contributed by atoms with Gasteiger partial charge in [-0.25, -0.2) is 9.38 Å². The summed E-state index contributed by atoms with van der Waals surface area (Å²) in [6.07, 6.45) is 1.73. The molecule has 2 heterocycles. The molecule has 0 radical (unpaired) electrons. The van der Waals surface area contributed by atoms with Gasteiger partial charge in [0.25, 0.3) is 5.56 Å². The Balaban J connectivity index is 1.55. The van der Waals surface area contributed by atoms with Gasteiger partial charge in [0.05, 0.1) is 22.2 Å². The second-order valence-corrected chi connectivity index (χ2v) is 9.68. The molecule has 5 rings (SSSR count). The van der Waals surface area contributed by atoms with Gasteiger partial charge in [-0.3, -0.25) is 4.79 Å². The number of nitrogens with zero attached hydrogens (tertiary/aromatic N) is 2. The van der Waals surface area contributed by atoms with Gasteiger partial charge in [-0.05, 0) is 55.0 Å². The highest BCUT2D eigenvalue weighted by Gasteiger charge is 2.19. The summed E-state index contributed by atoms with van der Waals surface area (Å²) in [4.78, 5) is 18.2. The first-order chi connectivity index (χ1) is 16.0. The third-order valence-corrected chi connectivity index (χ3v) is 7.16. The molecule has 0 bridgehead atoms. The molecular weight excluding hydrogens is 460 g/mol. The minimum absolute atomic E-state index is 0.0493. The molecule has 0 fully saturated rings. The Morgan fingerprint density at radius 1 is 1.00 bits per heavy atom. The molecule has 7 nitrogen and oxygen atoms in total. The van der Waals surface area contributed by atoms with Gasteiger partial charge in [0, 0.05) is 0 Å². The molecule has 0 aliphatic carbocycles. The van der Waals surface area contributed by atoms with Crippen LogP contribution in [0.2, 0.25) is 0 Å². The van der Waals surface area contributed by atoms with Crippen LogP contribution in [0.25, 0.3) is 22.1 Å². The standard InChI is InChI=1S/C24H18N2O5S2/c1-2-30-21-14-16(12-13-20(21)31-33(28,29)17-8-4-3-5-9-17)15-22-23(27)26-19-11-7-6-10-18(19)25-24(26)32-22/h3-15H,2H2,1H3/b22-15+. The maximum absolute atomic E-state index is 13.0. The second kappa shape index (κ2) is 8.34. The summed E-state index contributed by atoms with van der Waals surface area (Å²) in [6.45, 7) is 2.11. The Kier molecular flexibility index (Phi) is 5.35. The lowest BCUT2D eigenvalue weighted by atomic mass is 10.2. The van der Waals surface area contributed by atoms with E-state index in [-0.39, 0.29) is 22.0 Å². The highest BCUT2D eigenvalue weighted by Crippen LogP contribution is 2.31. The summed E-state index contributed by atoms with van der Waals surface area (Å²) in [7, 11) is -4.01. The van der Waals surface area contributed by atoms with Crippen LogP contribution in [-0.4, -0.2) is 24.4 Å². The average molecular weight is 479 g/mol. The van der Waals surface area contributed by atoms with Crippen LogP contribution in [-0.2, 0) is 10.1 Å². The highest BCUT2D eigenvalue weighted by atomic mass is 32.2. The SMILES string of the molecule is CCOc1cc(/C=c2/sc3nc4ccccc4n3c2=O)ccc1OS(=O)(=O)c1ccccc1. The van der Waals surface area contributed by atoms with Crippen LogP contribution in [0.15, 0.2) is 82.5 Å². The van der Waals surface area contributed by atoms with E-state index in [0.29, 0.717) is 21.7 Å². The van der Waals surface area contributed by atoms with Crippen molar-refractivity contribution in [1.82, 2.24) is 9.38 Å². The Morgan fingerprint density at radius 2 is 1.76 bits per heavy atom. The fourth-order valence-electron chi connectivity index (χ4n) is 3.47. The van der Waals surface area contributed by atoms with Crippen molar-refractivity contribution in [2.75, 3.05) is 6.61 Å². The Bertz CT molecular complexity index is 1690. The highest BCUT2D eigenvalue weighted by molar-refractivity contribution is 7.87. The number of hydrogen-bond donors (Lipinski definition) is 0. The van der Waals surface area contributed by atoms with E-state index in [1.54, 1.807) is 47.7 Å². The maximum Gasteiger partial charge on any atom is 0.339 e. The number of ether oxygens (including phenoxy) is 1. The summed E-state index contributed by atoms with van der Waals surface area (Å²) < 4.78 is 38.3. The molecule has 0 aliphatic rings. The number of thiazole rings is 1. The van der Waals surface area contributed by atoms with E-state index in [0.717, 1.165) is 11.0 Å². The summed E-state index contributed by atoms with van der Waals surface area (Å²) in [6, 6.07) is 20.2. The Labute approximate surface area is 193 Å². The van der Waals surface area contributed by atoms with Crippen LogP contribution in [0.4, 0.5) is 0 Å². The first kappa shape index (κ1) is 21.2. The predicted molar refractivity (Wildman–Crippen MR) is 127 cm³/mol. The van der Waals surface area contributed by atoms with Gasteiger partial charge in [-0.1, -0.05) is 47.7 Å². The van der Waals surface area contributed by atoms with Crippen molar-refractivity contribution >= 4 is 43.5 Å². The molecule has 0 N–H and O–H groups in total. The van der Waals surface area contributed by atoms with Gasteiger partial charge in [0.2, 0.25) is 0 Å². The molecule has 0 spiro atoms. The van der Waals surface area contributed by atoms with Gasteiger partial charge < -0.3 is 8.92 Å². The molecule has 33 heavy (non-hydrogen) atoms. The molecule has 0 amide bonds. The van der Waals surface area contributed by atoms with E-state index >= 15 is 0 Å². The zero-order valence-corrected chi connectivity index (χ0v) is 19.1. The molecule has 3 aromatic carbocycles. The van der Waals surface area contributed by atoms with Crippen LogP contribution in [0.5, 0.6) is 11.5 Å². The minimum Gasteiger partial charge on any atom is -0.490 e. The number of imidazole rings is 1. The number of hydrogen-bond acceptors (Lipinski definition) is 7. The van der Waals surface area contributed by atoms with Crippen molar-refractivity contribution < 1.29 is 17.3 Å². The Hall–Kier alpha value is -3.69. The summed E-state index contributed by atoms with van der Waals surface area (Å²) in [5, 5.41) is 0. The third-order valence-electron chi connectivity index (χ3n) is 4.94. The number of rotatable bonds is 6. The molecule has 0 saturated carbocycles. The number of para-hydroxylation sites is 2. The van der Waals surface area contributed by atoms with Crippen molar-refractivity contribution in [3.05, 3.63) is 93.2 Å². The molecular formula is C24H18N2O5S2. The van der Waals surface area contributed by atoms with Crippen molar-refractivity contribution in [2.24, 2.45) is 0 Å². The monoisotopic (exact) mass is 478 g/mol. The first-order valence-corrected chi connectivity index (χ1v) is 12.4. The largest absolute Gasteiger partial charge is 0.490 e. The first-order valence-electron chi connectivity index (χ1n) is 10.1. The van der Waals surface area contributed by atoms with E-state index in [1.165, 1.54) is 29.5 Å². The van der Waals surface area contributed by atoms with Crippen molar-refractivity contribution in [1.29, 1.82) is 0 Å². The fourth-order valence-corrected chi connectivity index (χ4v) is 5.42. The van der Waals surface area contributed by atoms with Crippen LogP contribution < -0.4 is 19.0 Å². The van der Waals surface area contributed by atoms with E-state index < -0.39 is 10.1 Å². The van der Waals surface area contributed by atoms with Crippen LogP contribution >= 0.6 is 11.3 Å². The number of fused-ring (bicyclic) bond motifs is 3. The molecule has 0 aliphatic heterocycles. The number of benzene rings is 3. The zero-order chi connectivity index (χ0) is 23.0. The summed E-state index contributed by atoms with van der Waals surface area (Å²) >= 11 is 1.29. The predicted octanol–water partition coefficient (Wildman–Crippen LogP) is 3.62. The van der Waals surface area contributed by atoms with Crippen molar-refractivity contribution in [2.45, 2.75) is 11.8 Å². The average Bonchev–Trinajstić information content (AvgIpc) is 3.32. The summed E-state index contributed by atoms with van der Waals surface area (Å²) in [5.41, 5.74) is 2.05. The molecule has 0 saturated heterocycles. The molecule has 0 atom stereocenters. The van der Waals surface area contributed by atoms with Crippen LogP contribution in [0.3, 0.4) is 0 Å². The van der Waals surface area contributed by atoms with Gasteiger partial charge in [0.1, 0.15) is 4.90 Å². The van der Waals surface area contributed by atoms with E-state index in [4.69, 9.17) is 8.92 Å². The molecule has 166 valence electrons. The van der Waals surface area contributed by atoms with Gasteiger partial charge in [-0.2, -0.15) is 8.42 Å². The van der Waals surface area contributed by atoms with Crippen LogP contribution in [0, 0.1) is 0 Å². The Morgan fingerprint density at radius 3 is 2.55 bits per heavy atom. The molecule has 9 heteroatoms. The third kappa shape index (κ3) is 3.96. The lowest BCUT2D eigenvalue weighted by Crippen LogP contribution is -2.22. The van der Waals surface area contributed by atoms with Gasteiger partial charge >= 0.3 is 10.1 Å². The smallest absolute Gasteiger partial charge is 0.339 e. The van der Waals surface area contributed by atoms with Crippen molar-refractivity contribution in [3.63, 3.8) is 0 Å². The van der Waals surface area contributed by atoms with Gasteiger partial charge in [-0.15, -0.1) is 0 Å². The van der Waals surface area contributed by atoms with E-state index in [9.17, 15) is 13.2 Å². The second-order valence-electron chi connectivity index (χ2n) is 7.12. The lowest BCUT2D eigenvalue weighted by molar-refractivity contribution is 0.327. The van der Waals surface area contributed by atoms with Crippen molar-refractivity contribution in [3.8, 4) is 11.5 Å². The maximum atomic E-state index is 13.0. The molecule has 2 aromatic heterocycles. The zero-order valence-electron chi connectivity index (χ0n) is 17.5. The number of aromatic nitrogens is 2. The molecule has 0 unspecified atom stereocenters. The topological polar surface area (TPSA) is 87.0 Å². The van der Waals surface area contributed by atoms with Crippen LogP contribution in [0.1, 0.15) is 12.5 Å². The van der Waals surface area contributed by atoms with E-state index in [2.05, 4.69) is 4.98 Å². The summed E-state index contributed by atoms with van der Waals surface area (Å²) in [5.74, 6) is 0.345. The van der Waals surface area contributed by atoms with E-state index in [1.807, 2.05) is 24.3 Å². The molecule has 5 aromatic rings. The normalized spacial score (nSPS) is 12.5. The fraction of sp³-hybridized carbons (Fsp3) is 0.0833. The minimum atomic E-state index is -4.01. The quantitative estimate of drug-likeness (QED) is 0.347. The lowest BCUT2D eigenvalue weighted by Gasteiger charge is -2.12.